The van der Waals surface area contributed by atoms with E-state index in [0.29, 0.717) is 18.5 Å². The number of guanidine groups is 1. The number of hydrogen-bond donors (Lipinski definition) is 2. The Bertz CT molecular complexity index is 440. The predicted molar refractivity (Wildman–Crippen MR) is 92.1 cm³/mol. The lowest BCUT2D eigenvalue weighted by atomic mass is 10.1. The zero-order chi connectivity index (χ0) is 16.4. The van der Waals surface area contributed by atoms with Gasteiger partial charge in [-0.1, -0.05) is 45.2 Å². The SMILES string of the molecule is CCCCCC(C)NC(=NCc1cc(C(C)C)no1)NCC. The van der Waals surface area contributed by atoms with E-state index in [1.165, 1.54) is 19.3 Å². The summed E-state index contributed by atoms with van der Waals surface area (Å²) in [5.41, 5.74) is 0.982. The van der Waals surface area contributed by atoms with Crippen LogP contribution in [0.4, 0.5) is 0 Å². The molecule has 0 bridgehead atoms. The summed E-state index contributed by atoms with van der Waals surface area (Å²) in [5, 5.41) is 10.8. The van der Waals surface area contributed by atoms with Crippen LogP contribution in [0.5, 0.6) is 0 Å². The van der Waals surface area contributed by atoms with Gasteiger partial charge in [0.25, 0.3) is 0 Å². The second-order valence-corrected chi connectivity index (χ2v) is 6.11. The van der Waals surface area contributed by atoms with Gasteiger partial charge >= 0.3 is 0 Å². The number of aliphatic imine (C=N–C) groups is 1. The first-order valence-electron chi connectivity index (χ1n) is 8.57. The minimum absolute atomic E-state index is 0.381. The monoisotopic (exact) mass is 308 g/mol. The van der Waals surface area contributed by atoms with E-state index in [4.69, 9.17) is 4.52 Å². The Balaban J connectivity index is 2.53. The highest BCUT2D eigenvalue weighted by molar-refractivity contribution is 5.79. The van der Waals surface area contributed by atoms with Gasteiger partial charge in [-0.3, -0.25) is 0 Å². The van der Waals surface area contributed by atoms with E-state index in [1.54, 1.807) is 0 Å². The number of aromatic nitrogens is 1. The summed E-state index contributed by atoms with van der Waals surface area (Å²) in [4.78, 5) is 4.59. The van der Waals surface area contributed by atoms with E-state index in [9.17, 15) is 0 Å². The molecule has 1 heterocycles. The molecule has 0 aliphatic rings. The van der Waals surface area contributed by atoms with Gasteiger partial charge in [0.15, 0.2) is 11.7 Å². The van der Waals surface area contributed by atoms with Crippen molar-refractivity contribution in [3.05, 3.63) is 17.5 Å². The molecule has 0 saturated carbocycles. The highest BCUT2D eigenvalue weighted by Gasteiger charge is 2.08. The molecule has 0 radical (unpaired) electrons. The summed E-state index contributed by atoms with van der Waals surface area (Å²) >= 11 is 0. The third-order valence-electron chi connectivity index (χ3n) is 3.53. The van der Waals surface area contributed by atoms with Crippen LogP contribution >= 0.6 is 0 Å². The van der Waals surface area contributed by atoms with E-state index >= 15 is 0 Å². The largest absolute Gasteiger partial charge is 0.359 e. The molecule has 0 aromatic carbocycles. The van der Waals surface area contributed by atoms with Crippen LogP contribution in [0.1, 0.15) is 77.7 Å². The normalized spacial score (nSPS) is 13.5. The van der Waals surface area contributed by atoms with Crippen molar-refractivity contribution in [2.75, 3.05) is 6.54 Å². The van der Waals surface area contributed by atoms with Gasteiger partial charge in [-0.25, -0.2) is 4.99 Å². The highest BCUT2D eigenvalue weighted by atomic mass is 16.5. The molecule has 1 aromatic rings. The maximum absolute atomic E-state index is 5.33. The van der Waals surface area contributed by atoms with Gasteiger partial charge in [0.05, 0.1) is 5.69 Å². The molecule has 126 valence electrons. The standard InChI is InChI=1S/C17H32N4O/c1-6-8-9-10-14(5)20-17(18-7-2)19-12-15-11-16(13(3)4)21-22-15/h11,13-14H,6-10,12H2,1-5H3,(H2,18,19,20). The maximum Gasteiger partial charge on any atom is 0.191 e. The Kier molecular flexibility index (Phi) is 8.63. The van der Waals surface area contributed by atoms with Crippen LogP contribution in [0.25, 0.3) is 0 Å². The van der Waals surface area contributed by atoms with Crippen LogP contribution in [0, 0.1) is 0 Å². The number of nitrogens with zero attached hydrogens (tertiary/aromatic N) is 2. The Hall–Kier alpha value is -1.52. The Morgan fingerprint density at radius 1 is 1.27 bits per heavy atom. The lowest BCUT2D eigenvalue weighted by Gasteiger charge is -2.17. The Labute approximate surface area is 135 Å². The van der Waals surface area contributed by atoms with Crippen molar-refractivity contribution in [3.8, 4) is 0 Å². The van der Waals surface area contributed by atoms with Crippen molar-refractivity contribution in [1.82, 2.24) is 15.8 Å². The van der Waals surface area contributed by atoms with Crippen molar-refractivity contribution in [2.24, 2.45) is 4.99 Å². The van der Waals surface area contributed by atoms with Crippen molar-refractivity contribution in [1.29, 1.82) is 0 Å². The summed E-state index contributed by atoms with van der Waals surface area (Å²) in [6.07, 6.45) is 4.96. The van der Waals surface area contributed by atoms with Crippen LogP contribution in [0.15, 0.2) is 15.6 Å². The maximum atomic E-state index is 5.33. The van der Waals surface area contributed by atoms with Gasteiger partial charge in [-0.05, 0) is 26.2 Å². The lowest BCUT2D eigenvalue weighted by molar-refractivity contribution is 0.376. The third kappa shape index (κ3) is 6.96. The molecule has 5 nitrogen and oxygen atoms in total. The molecule has 0 aliphatic heterocycles. The fourth-order valence-corrected chi connectivity index (χ4v) is 2.16. The van der Waals surface area contributed by atoms with Crippen LogP contribution in [0.2, 0.25) is 0 Å². The zero-order valence-electron chi connectivity index (χ0n) is 14.8. The van der Waals surface area contributed by atoms with Gasteiger partial charge in [-0.15, -0.1) is 0 Å². The smallest absolute Gasteiger partial charge is 0.191 e. The van der Waals surface area contributed by atoms with Crippen LogP contribution in [0.3, 0.4) is 0 Å². The fourth-order valence-electron chi connectivity index (χ4n) is 2.16. The number of rotatable bonds is 9. The molecule has 0 saturated heterocycles. The second-order valence-electron chi connectivity index (χ2n) is 6.11. The molecule has 1 aromatic heterocycles. The average Bonchev–Trinajstić information content (AvgIpc) is 2.94. The second kappa shape index (κ2) is 10.2. The molecular weight excluding hydrogens is 276 g/mol. The summed E-state index contributed by atoms with van der Waals surface area (Å²) in [7, 11) is 0. The first-order chi connectivity index (χ1) is 10.6. The zero-order valence-corrected chi connectivity index (χ0v) is 14.8. The van der Waals surface area contributed by atoms with Gasteiger partial charge < -0.3 is 15.2 Å². The molecule has 0 spiro atoms. The van der Waals surface area contributed by atoms with Gasteiger partial charge in [-0.2, -0.15) is 0 Å². The first-order valence-corrected chi connectivity index (χ1v) is 8.57. The van der Waals surface area contributed by atoms with E-state index in [1.807, 2.05) is 6.07 Å². The van der Waals surface area contributed by atoms with Crippen molar-refractivity contribution < 1.29 is 4.52 Å². The first kappa shape index (κ1) is 18.5. The molecule has 0 amide bonds. The summed E-state index contributed by atoms with van der Waals surface area (Å²) in [6, 6.07) is 2.41. The molecule has 2 N–H and O–H groups in total. The van der Waals surface area contributed by atoms with Gasteiger partial charge in [0.2, 0.25) is 0 Å². The molecule has 1 rings (SSSR count). The summed E-state index contributed by atoms with van der Waals surface area (Å²) in [6.45, 7) is 12.1. The third-order valence-corrected chi connectivity index (χ3v) is 3.53. The Morgan fingerprint density at radius 3 is 2.64 bits per heavy atom. The minimum Gasteiger partial charge on any atom is -0.359 e. The predicted octanol–water partition coefficient (Wildman–Crippen LogP) is 3.82. The molecule has 5 heteroatoms. The average molecular weight is 308 g/mol. The van der Waals surface area contributed by atoms with Crippen molar-refractivity contribution >= 4 is 5.96 Å². The minimum atomic E-state index is 0.381. The molecular formula is C17H32N4O. The van der Waals surface area contributed by atoms with E-state index in [-0.39, 0.29) is 0 Å². The van der Waals surface area contributed by atoms with Gasteiger partial charge in [0.1, 0.15) is 6.54 Å². The topological polar surface area (TPSA) is 62.5 Å². The quantitative estimate of drug-likeness (QED) is 0.413. The molecule has 22 heavy (non-hydrogen) atoms. The van der Waals surface area contributed by atoms with Crippen LogP contribution in [-0.2, 0) is 6.54 Å². The molecule has 1 unspecified atom stereocenters. The number of nitrogens with one attached hydrogen (secondary N) is 2. The fraction of sp³-hybridized carbons (Fsp3) is 0.765. The van der Waals surface area contributed by atoms with Crippen LogP contribution in [-0.4, -0.2) is 23.7 Å². The van der Waals surface area contributed by atoms with E-state index < -0.39 is 0 Å². The van der Waals surface area contributed by atoms with E-state index in [2.05, 4.69) is 55.4 Å². The van der Waals surface area contributed by atoms with Gasteiger partial charge in [0, 0.05) is 18.7 Å². The lowest BCUT2D eigenvalue weighted by Crippen LogP contribution is -2.42. The molecule has 0 fully saturated rings. The van der Waals surface area contributed by atoms with Crippen molar-refractivity contribution in [3.63, 3.8) is 0 Å². The molecule has 1 atom stereocenters. The number of unbranched alkanes of at least 4 members (excludes halogenated alkanes) is 2. The van der Waals surface area contributed by atoms with E-state index in [0.717, 1.165) is 30.4 Å². The van der Waals surface area contributed by atoms with Crippen LogP contribution < -0.4 is 10.6 Å². The number of hydrogen-bond acceptors (Lipinski definition) is 3. The molecule has 0 aliphatic carbocycles. The Morgan fingerprint density at radius 2 is 2.05 bits per heavy atom. The highest BCUT2D eigenvalue weighted by Crippen LogP contribution is 2.14. The summed E-state index contributed by atoms with van der Waals surface area (Å²) in [5.74, 6) is 2.03. The summed E-state index contributed by atoms with van der Waals surface area (Å²) < 4.78 is 5.33. The van der Waals surface area contributed by atoms with Crippen molar-refractivity contribution in [2.45, 2.75) is 78.8 Å².